The van der Waals surface area contributed by atoms with Gasteiger partial charge in [0.05, 0.1) is 47.9 Å². The quantitative estimate of drug-likeness (QED) is 0.0523. The number of hydrazine groups is 1. The molecule has 0 unspecified atom stereocenters. The minimum absolute atomic E-state index is 0.162. The smallest absolute Gasteiger partial charge is 0.343 e. The number of imidazole rings is 1. The van der Waals surface area contributed by atoms with Crippen LogP contribution in [-0.2, 0) is 16.1 Å². The lowest BCUT2D eigenvalue weighted by Gasteiger charge is -2.17. The minimum atomic E-state index is -0.680. The van der Waals surface area contributed by atoms with E-state index in [4.69, 9.17) is 14.3 Å². The number of hydrogen-bond donors (Lipinski definition) is 2. The van der Waals surface area contributed by atoms with E-state index < -0.39 is 12.8 Å². The number of benzene rings is 3. The maximum atomic E-state index is 13.2. The number of H-pyrrole nitrogens is 1. The maximum Gasteiger partial charge on any atom is 0.343 e. The number of aromatic nitrogens is 6. The molecular weight excluding hydrogens is 582 g/mol. The van der Waals surface area contributed by atoms with E-state index in [1.807, 2.05) is 60.0 Å². The van der Waals surface area contributed by atoms with Crippen LogP contribution in [0.15, 0.2) is 72.0 Å². The number of carbonyl (C=O) groups is 1. The summed E-state index contributed by atoms with van der Waals surface area (Å²) in [5.74, 6) is -0.174. The highest BCUT2D eigenvalue weighted by Gasteiger charge is 2.30. The van der Waals surface area contributed by atoms with E-state index in [0.29, 0.717) is 49.0 Å². The number of nitrogens with zero attached hydrogens (tertiary/aromatic N) is 8. The van der Waals surface area contributed by atoms with Crippen molar-refractivity contribution >= 4 is 17.0 Å². The van der Waals surface area contributed by atoms with Crippen molar-refractivity contribution in [1.29, 1.82) is 0 Å². The molecule has 1 atom stereocenters. The average Bonchev–Trinajstić information content (AvgIpc) is 3.84. The zero-order valence-corrected chi connectivity index (χ0v) is 24.4. The molecule has 15 heteroatoms. The topological polar surface area (TPSA) is 179 Å². The maximum absolute atomic E-state index is 13.2. The Bertz CT molecular complexity index is 1790. The van der Waals surface area contributed by atoms with Crippen molar-refractivity contribution in [3.05, 3.63) is 83.1 Å². The molecule has 5 aromatic rings. The minimum Gasteiger partial charge on any atom is -0.569 e. The standard InChI is InChI=1S/C30H31N9O6/c1-2-43-30-31-26-11-5-10-25(29(41)44-19-45-36-39(42)38-16-6-7-22(38)18-40)27(26)37(30)17-20-12-14-21(15-13-20)23-8-3-4-9-24(23)28-32-34-35-33-28/h3-5,8-15,22,40H,2,6-7,16-19H2,1H3,(H,32,33,34,35)/b39-36-/t22-/m0/s1. The van der Waals surface area contributed by atoms with Crippen molar-refractivity contribution in [3.63, 3.8) is 0 Å². The molecule has 0 spiro atoms. The van der Waals surface area contributed by atoms with E-state index in [0.717, 1.165) is 28.7 Å². The molecule has 3 aromatic carbocycles. The lowest BCUT2D eigenvalue weighted by atomic mass is 9.98. The Morgan fingerprint density at radius 1 is 1.13 bits per heavy atom. The van der Waals surface area contributed by atoms with Gasteiger partial charge in [0, 0.05) is 5.56 Å². The molecular formula is C30H31N9O6. The molecule has 0 saturated carbocycles. The monoisotopic (exact) mass is 613 g/mol. The van der Waals surface area contributed by atoms with E-state index in [-0.39, 0.29) is 23.2 Å². The van der Waals surface area contributed by atoms with Gasteiger partial charge in [-0.2, -0.15) is 10.2 Å². The molecule has 2 aromatic heterocycles. The van der Waals surface area contributed by atoms with Gasteiger partial charge in [0.1, 0.15) is 6.04 Å². The normalized spacial score (nSPS) is 15.0. The molecule has 3 heterocycles. The number of hydrogen-bond acceptors (Lipinski definition) is 11. The second kappa shape index (κ2) is 13.4. The molecule has 1 fully saturated rings. The number of nitrogens with one attached hydrogen (secondary N) is 1. The molecule has 45 heavy (non-hydrogen) atoms. The van der Waals surface area contributed by atoms with E-state index in [2.05, 4.69) is 30.9 Å². The first kappa shape index (κ1) is 29.5. The molecule has 15 nitrogen and oxygen atoms in total. The summed E-state index contributed by atoms with van der Waals surface area (Å²) in [7, 11) is 0. The molecule has 0 bridgehead atoms. The van der Waals surface area contributed by atoms with Gasteiger partial charge in [-0.15, -0.1) is 15.2 Å². The fraction of sp³-hybridized carbons (Fsp3) is 0.300. The van der Waals surface area contributed by atoms with Crippen molar-refractivity contribution in [2.24, 2.45) is 5.28 Å². The van der Waals surface area contributed by atoms with Gasteiger partial charge in [-0.25, -0.2) is 4.79 Å². The molecule has 0 aliphatic carbocycles. The van der Waals surface area contributed by atoms with Crippen LogP contribution in [-0.4, -0.2) is 83.8 Å². The van der Waals surface area contributed by atoms with Gasteiger partial charge in [0.2, 0.25) is 11.1 Å². The van der Waals surface area contributed by atoms with Crippen LogP contribution in [0.1, 0.15) is 35.7 Å². The predicted octanol–water partition coefficient (Wildman–Crippen LogP) is 3.71. The van der Waals surface area contributed by atoms with Crippen LogP contribution in [0.3, 0.4) is 0 Å². The Balaban J connectivity index is 1.21. The Hall–Kier alpha value is -5.57. The van der Waals surface area contributed by atoms with Gasteiger partial charge in [0.25, 0.3) is 12.8 Å². The summed E-state index contributed by atoms with van der Waals surface area (Å²) in [4.78, 5) is 23.0. The number of para-hydroxylation sites is 1. The number of carbonyl (C=O) groups excluding carboxylic acids is 1. The zero-order valence-electron chi connectivity index (χ0n) is 24.4. The van der Waals surface area contributed by atoms with Crippen molar-refractivity contribution in [2.45, 2.75) is 32.4 Å². The largest absolute Gasteiger partial charge is 0.569 e. The SMILES string of the molecule is CCOc1nc2cccc(C(=O)OCO/N=[N+](\[O-])N3CCC[C@H]3CO)c2n1Cc1ccc(-c2ccccc2-c2nn[nH]n2)cc1. The van der Waals surface area contributed by atoms with Gasteiger partial charge < -0.3 is 24.6 Å². The van der Waals surface area contributed by atoms with Crippen LogP contribution >= 0.6 is 0 Å². The number of esters is 1. The van der Waals surface area contributed by atoms with Crippen LogP contribution in [0.25, 0.3) is 33.5 Å². The third-order valence-corrected chi connectivity index (χ3v) is 7.49. The predicted molar refractivity (Wildman–Crippen MR) is 159 cm³/mol. The Labute approximate surface area is 257 Å². The second-order valence-corrected chi connectivity index (χ2v) is 10.2. The van der Waals surface area contributed by atoms with Crippen LogP contribution in [0.4, 0.5) is 0 Å². The number of aliphatic hydroxyl groups excluding tert-OH is 1. The molecule has 6 rings (SSSR count). The molecule has 232 valence electrons. The second-order valence-electron chi connectivity index (χ2n) is 10.2. The van der Waals surface area contributed by atoms with E-state index in [1.165, 1.54) is 5.01 Å². The molecule has 0 radical (unpaired) electrons. The number of aliphatic hydroxyl groups is 1. The number of rotatable bonds is 12. The first-order valence-corrected chi connectivity index (χ1v) is 14.5. The Kier molecular flexibility index (Phi) is 8.77. The highest BCUT2D eigenvalue weighted by atomic mass is 16.8. The highest BCUT2D eigenvalue weighted by Crippen LogP contribution is 2.31. The summed E-state index contributed by atoms with van der Waals surface area (Å²) >= 11 is 0. The van der Waals surface area contributed by atoms with Gasteiger partial charge in [-0.3, -0.25) is 4.57 Å². The van der Waals surface area contributed by atoms with E-state index in [9.17, 15) is 15.1 Å². The van der Waals surface area contributed by atoms with E-state index >= 15 is 0 Å². The van der Waals surface area contributed by atoms with E-state index in [1.54, 1.807) is 18.2 Å². The van der Waals surface area contributed by atoms with Crippen LogP contribution in [0, 0.1) is 5.21 Å². The van der Waals surface area contributed by atoms with Crippen molar-refractivity contribution < 1.29 is 29.2 Å². The van der Waals surface area contributed by atoms with Gasteiger partial charge in [-0.05, 0) is 53.8 Å². The van der Waals surface area contributed by atoms with Crippen molar-refractivity contribution in [1.82, 2.24) is 35.2 Å². The van der Waals surface area contributed by atoms with Gasteiger partial charge in [-0.1, -0.05) is 54.6 Å². The average molecular weight is 614 g/mol. The van der Waals surface area contributed by atoms with Crippen molar-refractivity contribution in [2.75, 3.05) is 26.6 Å². The summed E-state index contributed by atoms with van der Waals surface area (Å²) in [6, 6.07) is 21.0. The lowest BCUT2D eigenvalue weighted by Crippen LogP contribution is -2.37. The molecule has 2 N–H and O–H groups in total. The number of fused-ring (bicyclic) bond motifs is 1. The zero-order chi connectivity index (χ0) is 31.2. The van der Waals surface area contributed by atoms with Gasteiger partial charge in [0.15, 0.2) is 0 Å². The summed E-state index contributed by atoms with van der Waals surface area (Å²) in [5.41, 5.74) is 5.07. The summed E-state index contributed by atoms with van der Waals surface area (Å²) in [6.07, 6.45) is 1.44. The first-order valence-electron chi connectivity index (χ1n) is 14.5. The molecule has 1 saturated heterocycles. The van der Waals surface area contributed by atoms with Gasteiger partial charge >= 0.3 is 5.97 Å². The molecule has 1 aliphatic rings. The van der Waals surface area contributed by atoms with Crippen molar-refractivity contribution in [3.8, 4) is 28.5 Å². The fourth-order valence-corrected chi connectivity index (χ4v) is 5.40. The molecule has 0 amide bonds. The van der Waals surface area contributed by atoms with Crippen LogP contribution in [0.5, 0.6) is 6.01 Å². The number of ether oxygens (including phenoxy) is 2. The first-order chi connectivity index (χ1) is 22.1. The van der Waals surface area contributed by atoms with Crippen LogP contribution in [0.2, 0.25) is 0 Å². The number of aromatic amines is 1. The fourth-order valence-electron chi connectivity index (χ4n) is 5.40. The lowest BCUT2D eigenvalue weighted by molar-refractivity contribution is -0.715. The third-order valence-electron chi connectivity index (χ3n) is 7.49. The molecule has 1 aliphatic heterocycles. The summed E-state index contributed by atoms with van der Waals surface area (Å²) in [5, 5.41) is 40.9. The Morgan fingerprint density at radius 3 is 2.71 bits per heavy atom. The number of tetrazole rings is 1. The summed E-state index contributed by atoms with van der Waals surface area (Å²) in [6.45, 7) is 2.31. The summed E-state index contributed by atoms with van der Waals surface area (Å²) < 4.78 is 13.0. The highest BCUT2D eigenvalue weighted by molar-refractivity contribution is 6.02. The van der Waals surface area contributed by atoms with Crippen LogP contribution < -0.4 is 4.74 Å². The Morgan fingerprint density at radius 2 is 1.96 bits per heavy atom. The third kappa shape index (κ3) is 6.24.